The fourth-order valence-electron chi connectivity index (χ4n) is 1.23. The van der Waals surface area contributed by atoms with E-state index in [-0.39, 0.29) is 0 Å². The average Bonchev–Trinajstić information content (AvgIpc) is 2.29. The third-order valence-electron chi connectivity index (χ3n) is 2.20. The fourth-order valence-corrected chi connectivity index (χ4v) is 1.23. The van der Waals surface area contributed by atoms with Gasteiger partial charge in [0.15, 0.2) is 0 Å². The van der Waals surface area contributed by atoms with E-state index in [0.717, 1.165) is 11.3 Å². The summed E-state index contributed by atoms with van der Waals surface area (Å²) in [4.78, 5) is 0. The fraction of sp³-hybridized carbons (Fsp3) is 0.500. The molecule has 0 aliphatic carbocycles. The third-order valence-corrected chi connectivity index (χ3v) is 2.20. The van der Waals surface area contributed by atoms with Crippen molar-refractivity contribution in [3.05, 3.63) is 23.8 Å². The first-order chi connectivity index (χ1) is 7.75. The summed E-state index contributed by atoms with van der Waals surface area (Å²) < 4.78 is 15.6. The van der Waals surface area contributed by atoms with Crippen molar-refractivity contribution in [2.24, 2.45) is 0 Å². The summed E-state index contributed by atoms with van der Waals surface area (Å²) in [7, 11) is 1.65. The Morgan fingerprint density at radius 3 is 2.62 bits per heavy atom. The Bertz CT molecular complexity index is 315. The zero-order valence-corrected chi connectivity index (χ0v) is 9.86. The topological polar surface area (TPSA) is 53.7 Å². The van der Waals surface area contributed by atoms with Crippen molar-refractivity contribution >= 4 is 5.69 Å². The van der Waals surface area contributed by atoms with Gasteiger partial charge in [-0.25, -0.2) is 0 Å². The molecule has 1 rings (SSSR count). The number of benzene rings is 1. The van der Waals surface area contributed by atoms with Gasteiger partial charge in [-0.05, 0) is 18.6 Å². The van der Waals surface area contributed by atoms with Gasteiger partial charge in [-0.15, -0.1) is 0 Å². The number of nitrogen functional groups attached to an aromatic ring is 1. The van der Waals surface area contributed by atoms with E-state index >= 15 is 0 Å². The molecule has 0 amide bonds. The molecule has 1 aromatic rings. The molecule has 0 heterocycles. The molecule has 0 saturated carbocycles. The number of anilines is 1. The standard InChI is InChI=1S/C12H19NO3/c1-10-4-3-5-11(12(10)13)16-9-8-15-7-6-14-2/h3-5H,6-9,13H2,1-2H3. The molecule has 0 fully saturated rings. The highest BCUT2D eigenvalue weighted by atomic mass is 16.5. The first-order valence-electron chi connectivity index (χ1n) is 5.30. The summed E-state index contributed by atoms with van der Waals surface area (Å²) in [6.07, 6.45) is 0. The Kier molecular flexibility index (Phi) is 5.67. The van der Waals surface area contributed by atoms with Gasteiger partial charge in [-0.1, -0.05) is 12.1 Å². The molecule has 4 heteroatoms. The maximum Gasteiger partial charge on any atom is 0.142 e. The lowest BCUT2D eigenvalue weighted by Crippen LogP contribution is -2.10. The van der Waals surface area contributed by atoms with Crippen molar-refractivity contribution in [2.75, 3.05) is 39.3 Å². The summed E-state index contributed by atoms with van der Waals surface area (Å²) in [5.41, 5.74) is 7.58. The van der Waals surface area contributed by atoms with Crippen LogP contribution in [0.3, 0.4) is 0 Å². The lowest BCUT2D eigenvalue weighted by Gasteiger charge is -2.10. The zero-order valence-electron chi connectivity index (χ0n) is 9.86. The van der Waals surface area contributed by atoms with Gasteiger partial charge >= 0.3 is 0 Å². The van der Waals surface area contributed by atoms with Crippen molar-refractivity contribution in [1.29, 1.82) is 0 Å². The minimum atomic E-state index is 0.497. The number of hydrogen-bond donors (Lipinski definition) is 1. The van der Waals surface area contributed by atoms with Gasteiger partial charge in [-0.2, -0.15) is 0 Å². The molecular formula is C12H19NO3. The molecule has 90 valence electrons. The highest BCUT2D eigenvalue weighted by molar-refractivity contribution is 5.57. The Balaban J connectivity index is 2.24. The molecule has 0 aliphatic rings. The van der Waals surface area contributed by atoms with Crippen molar-refractivity contribution in [2.45, 2.75) is 6.92 Å². The molecule has 0 aromatic heterocycles. The Morgan fingerprint density at radius 2 is 1.88 bits per heavy atom. The molecule has 4 nitrogen and oxygen atoms in total. The van der Waals surface area contributed by atoms with Crippen LogP contribution in [0.5, 0.6) is 5.75 Å². The number of nitrogens with two attached hydrogens (primary N) is 1. The van der Waals surface area contributed by atoms with Crippen molar-refractivity contribution < 1.29 is 14.2 Å². The van der Waals surface area contributed by atoms with Gasteiger partial charge in [-0.3, -0.25) is 0 Å². The average molecular weight is 225 g/mol. The highest BCUT2D eigenvalue weighted by Crippen LogP contribution is 2.23. The van der Waals surface area contributed by atoms with Crippen LogP contribution < -0.4 is 10.5 Å². The second-order valence-electron chi connectivity index (χ2n) is 3.44. The maximum absolute atomic E-state index is 5.86. The summed E-state index contributed by atoms with van der Waals surface area (Å²) in [6, 6.07) is 5.74. The van der Waals surface area contributed by atoms with Crippen molar-refractivity contribution in [3.8, 4) is 5.75 Å². The van der Waals surface area contributed by atoms with Crippen LogP contribution in [-0.4, -0.2) is 33.5 Å². The number of rotatable bonds is 7. The maximum atomic E-state index is 5.86. The summed E-state index contributed by atoms with van der Waals surface area (Å²) in [6.45, 7) is 4.18. The molecule has 0 spiro atoms. The molecular weight excluding hydrogens is 206 g/mol. The van der Waals surface area contributed by atoms with Gasteiger partial charge in [0, 0.05) is 7.11 Å². The lowest BCUT2D eigenvalue weighted by molar-refractivity contribution is 0.0545. The summed E-state index contributed by atoms with van der Waals surface area (Å²) >= 11 is 0. The minimum absolute atomic E-state index is 0.497. The van der Waals surface area contributed by atoms with E-state index in [9.17, 15) is 0 Å². The number of ether oxygens (including phenoxy) is 3. The van der Waals surface area contributed by atoms with Crippen LogP contribution in [0.2, 0.25) is 0 Å². The van der Waals surface area contributed by atoms with E-state index in [1.54, 1.807) is 7.11 Å². The van der Waals surface area contributed by atoms with Crippen molar-refractivity contribution in [1.82, 2.24) is 0 Å². The Labute approximate surface area is 96.3 Å². The minimum Gasteiger partial charge on any atom is -0.489 e. The van der Waals surface area contributed by atoms with E-state index in [1.165, 1.54) is 0 Å². The number of aryl methyl sites for hydroxylation is 1. The van der Waals surface area contributed by atoms with Crippen LogP contribution in [0.4, 0.5) is 5.69 Å². The quantitative estimate of drug-likeness (QED) is 0.566. The molecule has 0 aliphatic heterocycles. The molecule has 0 bridgehead atoms. The van der Waals surface area contributed by atoms with Gasteiger partial charge < -0.3 is 19.9 Å². The molecule has 0 saturated heterocycles. The van der Waals surface area contributed by atoms with E-state index in [2.05, 4.69) is 0 Å². The Hall–Kier alpha value is -1.26. The number of para-hydroxylation sites is 1. The summed E-state index contributed by atoms with van der Waals surface area (Å²) in [5, 5.41) is 0. The normalized spacial score (nSPS) is 10.4. The first-order valence-corrected chi connectivity index (χ1v) is 5.30. The smallest absolute Gasteiger partial charge is 0.142 e. The second-order valence-corrected chi connectivity index (χ2v) is 3.44. The predicted octanol–water partition coefficient (Wildman–Crippen LogP) is 1.62. The van der Waals surface area contributed by atoms with Crippen LogP contribution >= 0.6 is 0 Å². The van der Waals surface area contributed by atoms with E-state index in [1.807, 2.05) is 25.1 Å². The monoisotopic (exact) mass is 225 g/mol. The van der Waals surface area contributed by atoms with E-state index in [4.69, 9.17) is 19.9 Å². The predicted molar refractivity (Wildman–Crippen MR) is 63.8 cm³/mol. The van der Waals surface area contributed by atoms with Crippen LogP contribution in [-0.2, 0) is 9.47 Å². The summed E-state index contributed by atoms with van der Waals surface area (Å²) in [5.74, 6) is 0.718. The Morgan fingerprint density at radius 1 is 1.12 bits per heavy atom. The van der Waals surface area contributed by atoms with Crippen molar-refractivity contribution in [3.63, 3.8) is 0 Å². The molecule has 0 radical (unpaired) electrons. The molecule has 1 aromatic carbocycles. The van der Waals surface area contributed by atoms with Gasteiger partial charge in [0.05, 0.1) is 25.5 Å². The first kappa shape index (κ1) is 12.8. The van der Waals surface area contributed by atoms with Gasteiger partial charge in [0.1, 0.15) is 12.4 Å². The second kappa shape index (κ2) is 7.09. The van der Waals surface area contributed by atoms with E-state index < -0.39 is 0 Å². The lowest BCUT2D eigenvalue weighted by atomic mass is 10.2. The highest BCUT2D eigenvalue weighted by Gasteiger charge is 2.01. The molecule has 0 unspecified atom stereocenters. The van der Waals surface area contributed by atoms with Gasteiger partial charge in [0.25, 0.3) is 0 Å². The number of methoxy groups -OCH3 is 1. The van der Waals surface area contributed by atoms with Crippen LogP contribution in [0.25, 0.3) is 0 Å². The largest absolute Gasteiger partial charge is 0.489 e. The van der Waals surface area contributed by atoms with Crippen LogP contribution in [0, 0.1) is 6.92 Å². The third kappa shape index (κ3) is 4.08. The SMILES string of the molecule is COCCOCCOc1cccc(C)c1N. The van der Waals surface area contributed by atoms with Crippen LogP contribution in [0.1, 0.15) is 5.56 Å². The van der Waals surface area contributed by atoms with E-state index in [0.29, 0.717) is 32.1 Å². The van der Waals surface area contributed by atoms with Gasteiger partial charge in [0.2, 0.25) is 0 Å². The molecule has 0 atom stereocenters. The van der Waals surface area contributed by atoms with Crippen LogP contribution in [0.15, 0.2) is 18.2 Å². The number of hydrogen-bond acceptors (Lipinski definition) is 4. The zero-order chi connectivity index (χ0) is 11.8. The molecule has 16 heavy (non-hydrogen) atoms. The molecule has 2 N–H and O–H groups in total.